The van der Waals surface area contributed by atoms with E-state index in [1.165, 1.54) is 0 Å². The fourth-order valence-corrected chi connectivity index (χ4v) is 2.01. The topological polar surface area (TPSA) is 57.5 Å². The largest absolute Gasteiger partial charge is 0.479 e. The van der Waals surface area contributed by atoms with E-state index in [4.69, 9.17) is 11.5 Å². The van der Waals surface area contributed by atoms with Gasteiger partial charge in [-0.15, -0.1) is 6.42 Å². The van der Waals surface area contributed by atoms with Crippen LogP contribution in [0.4, 0.5) is 0 Å². The number of hydrogen-bond donors (Lipinski definition) is 2. The highest BCUT2D eigenvalue weighted by atomic mass is 16.4. The summed E-state index contributed by atoms with van der Waals surface area (Å²) >= 11 is 0. The van der Waals surface area contributed by atoms with E-state index in [9.17, 15) is 9.90 Å². The summed E-state index contributed by atoms with van der Waals surface area (Å²) in [6.45, 7) is 0. The van der Waals surface area contributed by atoms with Crippen LogP contribution in [-0.2, 0) is 10.2 Å². The Hall–Kier alpha value is -1.79. The van der Waals surface area contributed by atoms with Crippen LogP contribution in [0.15, 0.2) is 24.3 Å². The van der Waals surface area contributed by atoms with Crippen molar-refractivity contribution in [1.29, 1.82) is 0 Å². The minimum Gasteiger partial charge on any atom is -0.479 e. The lowest BCUT2D eigenvalue weighted by Gasteiger charge is -2.19. The maximum Gasteiger partial charge on any atom is 0.333 e. The molecule has 16 heavy (non-hydrogen) atoms. The predicted octanol–water partition coefficient (Wildman–Crippen LogP) is 1.15. The number of carboxylic acid groups (broad SMARTS) is 1. The molecule has 2 N–H and O–H groups in total. The van der Waals surface area contributed by atoms with E-state index in [0.29, 0.717) is 18.4 Å². The van der Waals surface area contributed by atoms with Crippen LogP contribution < -0.4 is 0 Å². The number of carboxylic acids is 1. The minimum absolute atomic E-state index is 0.626. The molecule has 1 fully saturated rings. The van der Waals surface area contributed by atoms with Crippen molar-refractivity contribution in [3.63, 3.8) is 0 Å². The number of hydrogen-bond acceptors (Lipinski definition) is 2. The number of aliphatic hydroxyl groups is 1. The third-order valence-corrected chi connectivity index (χ3v) is 3.15. The maximum absolute atomic E-state index is 10.8. The average molecular weight is 216 g/mol. The van der Waals surface area contributed by atoms with E-state index in [2.05, 4.69) is 5.92 Å². The Balaban J connectivity index is 2.37. The molecule has 0 amide bonds. The first-order chi connectivity index (χ1) is 7.60. The van der Waals surface area contributed by atoms with Gasteiger partial charge in [0.05, 0.1) is 0 Å². The first kappa shape index (κ1) is 10.7. The molecule has 1 aliphatic carbocycles. The smallest absolute Gasteiger partial charge is 0.333 e. The Kier molecular flexibility index (Phi) is 2.45. The van der Waals surface area contributed by atoms with Gasteiger partial charge in [0.25, 0.3) is 0 Å². The standard InChI is InChI=1S/C13H12O3/c1-2-9-4-3-5-10(8-9)13(6-7-13)11(14)12(15)16/h1,3-5,8,11,14H,6-7H2,(H,15,16). The van der Waals surface area contributed by atoms with Crippen molar-refractivity contribution in [2.75, 3.05) is 0 Å². The number of benzene rings is 1. The van der Waals surface area contributed by atoms with E-state index >= 15 is 0 Å². The number of terminal acetylenes is 1. The van der Waals surface area contributed by atoms with Crippen LogP contribution in [0.2, 0.25) is 0 Å². The number of aliphatic carboxylic acids is 1. The third-order valence-electron chi connectivity index (χ3n) is 3.15. The predicted molar refractivity (Wildman–Crippen MR) is 58.9 cm³/mol. The molecule has 0 aromatic heterocycles. The molecule has 0 aliphatic heterocycles. The Bertz CT molecular complexity index is 466. The van der Waals surface area contributed by atoms with Crippen LogP contribution in [0.3, 0.4) is 0 Å². The van der Waals surface area contributed by atoms with Gasteiger partial charge in [-0.05, 0) is 30.5 Å². The molecule has 1 aromatic rings. The molecule has 0 saturated heterocycles. The Labute approximate surface area is 93.7 Å². The van der Waals surface area contributed by atoms with Crippen LogP contribution >= 0.6 is 0 Å². The lowest BCUT2D eigenvalue weighted by molar-refractivity contribution is -0.148. The number of carbonyl (C=O) groups is 1. The second kappa shape index (κ2) is 3.66. The zero-order valence-electron chi connectivity index (χ0n) is 8.68. The average Bonchev–Trinajstić information content (AvgIpc) is 3.09. The van der Waals surface area contributed by atoms with Gasteiger partial charge in [0.2, 0.25) is 0 Å². The minimum atomic E-state index is -1.35. The van der Waals surface area contributed by atoms with Gasteiger partial charge in [-0.25, -0.2) is 4.79 Å². The summed E-state index contributed by atoms with van der Waals surface area (Å²) < 4.78 is 0. The molecular formula is C13H12O3. The van der Waals surface area contributed by atoms with Crippen LogP contribution in [0.5, 0.6) is 0 Å². The number of aliphatic hydroxyl groups excluding tert-OH is 1. The van der Waals surface area contributed by atoms with Gasteiger partial charge < -0.3 is 10.2 Å². The molecule has 1 aromatic carbocycles. The molecule has 0 heterocycles. The van der Waals surface area contributed by atoms with Gasteiger partial charge in [-0.1, -0.05) is 18.1 Å². The Morgan fingerprint density at radius 3 is 2.69 bits per heavy atom. The van der Waals surface area contributed by atoms with Crippen molar-refractivity contribution >= 4 is 5.97 Å². The summed E-state index contributed by atoms with van der Waals surface area (Å²) in [5.41, 5.74) is 0.901. The zero-order chi connectivity index (χ0) is 11.8. The molecule has 1 aliphatic rings. The maximum atomic E-state index is 10.8. The van der Waals surface area contributed by atoms with Gasteiger partial charge in [0.15, 0.2) is 6.10 Å². The second-order valence-electron chi connectivity index (χ2n) is 4.12. The highest BCUT2D eigenvalue weighted by Crippen LogP contribution is 2.51. The highest BCUT2D eigenvalue weighted by Gasteiger charge is 2.53. The van der Waals surface area contributed by atoms with E-state index in [1.54, 1.807) is 18.2 Å². The van der Waals surface area contributed by atoms with Gasteiger partial charge in [0.1, 0.15) is 0 Å². The van der Waals surface area contributed by atoms with E-state index < -0.39 is 17.5 Å². The van der Waals surface area contributed by atoms with E-state index in [-0.39, 0.29) is 0 Å². The normalized spacial score (nSPS) is 18.5. The summed E-state index contributed by atoms with van der Waals surface area (Å²) in [7, 11) is 0. The van der Waals surface area contributed by atoms with Crippen LogP contribution in [0, 0.1) is 12.3 Å². The monoisotopic (exact) mass is 216 g/mol. The fraction of sp³-hybridized carbons (Fsp3) is 0.308. The van der Waals surface area contributed by atoms with Crippen molar-refractivity contribution < 1.29 is 15.0 Å². The molecule has 3 heteroatoms. The van der Waals surface area contributed by atoms with Crippen molar-refractivity contribution in [2.24, 2.45) is 0 Å². The van der Waals surface area contributed by atoms with Crippen molar-refractivity contribution in [3.05, 3.63) is 35.4 Å². The van der Waals surface area contributed by atoms with Crippen molar-refractivity contribution in [3.8, 4) is 12.3 Å². The second-order valence-corrected chi connectivity index (χ2v) is 4.12. The van der Waals surface area contributed by atoms with Gasteiger partial charge >= 0.3 is 5.97 Å². The van der Waals surface area contributed by atoms with Crippen molar-refractivity contribution in [2.45, 2.75) is 24.4 Å². The fourth-order valence-electron chi connectivity index (χ4n) is 2.01. The van der Waals surface area contributed by atoms with Crippen LogP contribution in [0.1, 0.15) is 24.0 Å². The summed E-state index contributed by atoms with van der Waals surface area (Å²) in [6, 6.07) is 7.17. The molecule has 3 nitrogen and oxygen atoms in total. The molecule has 0 bridgehead atoms. The summed E-state index contributed by atoms with van der Waals surface area (Å²) in [6.07, 6.45) is 5.32. The first-order valence-corrected chi connectivity index (χ1v) is 5.08. The summed E-state index contributed by atoms with van der Waals surface area (Å²) in [4.78, 5) is 10.8. The Morgan fingerprint density at radius 2 is 2.19 bits per heavy atom. The van der Waals surface area contributed by atoms with Gasteiger partial charge in [0, 0.05) is 11.0 Å². The first-order valence-electron chi connectivity index (χ1n) is 5.08. The molecule has 0 spiro atoms. The van der Waals surface area contributed by atoms with Crippen molar-refractivity contribution in [1.82, 2.24) is 0 Å². The summed E-state index contributed by atoms with van der Waals surface area (Å²) in [5, 5.41) is 18.5. The molecule has 1 atom stereocenters. The van der Waals surface area contributed by atoms with E-state index in [0.717, 1.165) is 5.56 Å². The highest BCUT2D eigenvalue weighted by molar-refractivity contribution is 5.75. The lowest BCUT2D eigenvalue weighted by Crippen LogP contribution is -2.33. The van der Waals surface area contributed by atoms with Gasteiger partial charge in [-0.2, -0.15) is 0 Å². The molecule has 1 unspecified atom stereocenters. The molecular weight excluding hydrogens is 204 g/mol. The Morgan fingerprint density at radius 1 is 1.50 bits per heavy atom. The lowest BCUT2D eigenvalue weighted by atomic mass is 9.89. The third kappa shape index (κ3) is 1.58. The quantitative estimate of drug-likeness (QED) is 0.745. The van der Waals surface area contributed by atoms with Gasteiger partial charge in [-0.3, -0.25) is 0 Å². The van der Waals surface area contributed by atoms with E-state index in [1.807, 2.05) is 6.07 Å². The molecule has 0 radical (unpaired) electrons. The van der Waals surface area contributed by atoms with Crippen LogP contribution in [-0.4, -0.2) is 22.3 Å². The molecule has 2 rings (SSSR count). The zero-order valence-corrected chi connectivity index (χ0v) is 8.68. The summed E-state index contributed by atoms with van der Waals surface area (Å²) in [5.74, 6) is 1.33. The SMILES string of the molecule is C#Cc1cccc(C2(C(O)C(=O)O)CC2)c1. The molecule has 1 saturated carbocycles. The van der Waals surface area contributed by atoms with Crippen LogP contribution in [0.25, 0.3) is 0 Å². The molecule has 82 valence electrons. The number of rotatable bonds is 3.